The van der Waals surface area contributed by atoms with Crippen molar-refractivity contribution < 1.29 is 4.74 Å². The summed E-state index contributed by atoms with van der Waals surface area (Å²) in [5.74, 6) is 1.99. The van der Waals surface area contributed by atoms with Gasteiger partial charge in [0.1, 0.15) is 11.5 Å². The van der Waals surface area contributed by atoms with Crippen LogP contribution in [0, 0.1) is 0 Å². The summed E-state index contributed by atoms with van der Waals surface area (Å²) in [5.41, 5.74) is 7.43. The standard InChI is InChI=1S/C15H13N3O/c16-15-17-10-14(18-15)11-5-4-8-13(9-11)19-12-6-2-1-3-7-12/h1-10H,(H3,16,17,18). The van der Waals surface area contributed by atoms with Crippen LogP contribution in [0.5, 0.6) is 11.5 Å². The fraction of sp³-hybridized carbons (Fsp3) is 0. The van der Waals surface area contributed by atoms with Gasteiger partial charge in [-0.15, -0.1) is 0 Å². The summed E-state index contributed by atoms with van der Waals surface area (Å²) in [6, 6.07) is 17.4. The second kappa shape index (κ2) is 4.86. The first-order chi connectivity index (χ1) is 9.31. The number of benzene rings is 2. The van der Waals surface area contributed by atoms with Crippen molar-refractivity contribution in [2.45, 2.75) is 0 Å². The lowest BCUT2D eigenvalue weighted by Crippen LogP contribution is -1.87. The number of nitrogens with two attached hydrogens (primary N) is 1. The van der Waals surface area contributed by atoms with E-state index in [9.17, 15) is 0 Å². The minimum atomic E-state index is 0.407. The molecule has 0 amide bonds. The molecule has 0 aliphatic heterocycles. The number of anilines is 1. The summed E-state index contributed by atoms with van der Waals surface area (Å²) in [4.78, 5) is 6.98. The highest BCUT2D eigenvalue weighted by atomic mass is 16.5. The molecule has 94 valence electrons. The number of aromatic nitrogens is 2. The SMILES string of the molecule is Nc1ncc(-c2cccc(Oc3ccccc3)c2)[nH]1. The molecule has 3 rings (SSSR count). The molecule has 0 bridgehead atoms. The van der Waals surface area contributed by atoms with Gasteiger partial charge in [0.05, 0.1) is 11.9 Å². The molecule has 2 aromatic carbocycles. The highest BCUT2D eigenvalue weighted by molar-refractivity contribution is 5.62. The molecule has 0 saturated carbocycles. The van der Waals surface area contributed by atoms with E-state index in [0.29, 0.717) is 5.95 Å². The van der Waals surface area contributed by atoms with Gasteiger partial charge >= 0.3 is 0 Å². The Hall–Kier alpha value is -2.75. The van der Waals surface area contributed by atoms with Crippen LogP contribution in [-0.4, -0.2) is 9.97 Å². The summed E-state index contributed by atoms with van der Waals surface area (Å²) < 4.78 is 5.78. The van der Waals surface area contributed by atoms with Gasteiger partial charge in [0.2, 0.25) is 0 Å². The lowest BCUT2D eigenvalue weighted by Gasteiger charge is -2.06. The third-order valence-corrected chi connectivity index (χ3v) is 2.72. The van der Waals surface area contributed by atoms with Crippen molar-refractivity contribution in [3.05, 3.63) is 60.8 Å². The fourth-order valence-corrected chi connectivity index (χ4v) is 1.84. The van der Waals surface area contributed by atoms with Crippen LogP contribution >= 0.6 is 0 Å². The molecule has 1 aromatic heterocycles. The molecule has 0 unspecified atom stereocenters. The number of hydrogen-bond donors (Lipinski definition) is 2. The maximum Gasteiger partial charge on any atom is 0.197 e. The van der Waals surface area contributed by atoms with Crippen molar-refractivity contribution in [1.29, 1.82) is 0 Å². The summed E-state index contributed by atoms with van der Waals surface area (Å²) in [7, 11) is 0. The fourth-order valence-electron chi connectivity index (χ4n) is 1.84. The first-order valence-corrected chi connectivity index (χ1v) is 5.95. The summed E-state index contributed by atoms with van der Waals surface area (Å²) in [6.07, 6.45) is 1.71. The Bertz CT molecular complexity index is 677. The summed E-state index contributed by atoms with van der Waals surface area (Å²) in [6.45, 7) is 0. The molecular weight excluding hydrogens is 238 g/mol. The van der Waals surface area contributed by atoms with Gasteiger partial charge < -0.3 is 15.5 Å². The van der Waals surface area contributed by atoms with Crippen molar-refractivity contribution in [3.8, 4) is 22.8 Å². The van der Waals surface area contributed by atoms with Gasteiger partial charge in [-0.25, -0.2) is 4.98 Å². The molecular formula is C15H13N3O. The molecule has 1 heterocycles. The molecule has 0 aliphatic carbocycles. The van der Waals surface area contributed by atoms with Crippen LogP contribution in [0.15, 0.2) is 60.8 Å². The number of imidazole rings is 1. The zero-order chi connectivity index (χ0) is 13.1. The number of nitrogens with one attached hydrogen (secondary N) is 1. The molecule has 3 aromatic rings. The topological polar surface area (TPSA) is 63.9 Å². The summed E-state index contributed by atoms with van der Waals surface area (Å²) >= 11 is 0. The number of ether oxygens (including phenoxy) is 1. The molecule has 4 nitrogen and oxygen atoms in total. The number of nitrogens with zero attached hydrogens (tertiary/aromatic N) is 1. The maximum absolute atomic E-state index is 5.78. The van der Waals surface area contributed by atoms with E-state index in [1.807, 2.05) is 54.6 Å². The molecule has 0 spiro atoms. The normalized spacial score (nSPS) is 10.3. The number of nitrogen functional groups attached to an aromatic ring is 1. The Morgan fingerprint density at radius 1 is 0.947 bits per heavy atom. The first-order valence-electron chi connectivity index (χ1n) is 5.95. The molecule has 0 aliphatic rings. The summed E-state index contributed by atoms with van der Waals surface area (Å²) in [5, 5.41) is 0. The van der Waals surface area contributed by atoms with E-state index in [1.165, 1.54) is 0 Å². The predicted octanol–water partition coefficient (Wildman–Crippen LogP) is 3.45. The van der Waals surface area contributed by atoms with Gasteiger partial charge in [0, 0.05) is 5.56 Å². The van der Waals surface area contributed by atoms with Crippen molar-refractivity contribution >= 4 is 5.95 Å². The van der Waals surface area contributed by atoms with Crippen molar-refractivity contribution in [2.24, 2.45) is 0 Å². The van der Waals surface area contributed by atoms with Crippen molar-refractivity contribution in [3.63, 3.8) is 0 Å². The van der Waals surface area contributed by atoms with Gasteiger partial charge in [-0.05, 0) is 24.3 Å². The van der Waals surface area contributed by atoms with Gasteiger partial charge in [-0.1, -0.05) is 30.3 Å². The molecule has 0 fully saturated rings. The minimum Gasteiger partial charge on any atom is -0.457 e. The molecule has 0 atom stereocenters. The van der Waals surface area contributed by atoms with Crippen molar-refractivity contribution in [1.82, 2.24) is 9.97 Å². The van der Waals surface area contributed by atoms with E-state index in [1.54, 1.807) is 6.20 Å². The zero-order valence-corrected chi connectivity index (χ0v) is 10.2. The molecule has 0 radical (unpaired) electrons. The Balaban J connectivity index is 1.88. The number of aromatic amines is 1. The Morgan fingerprint density at radius 2 is 1.74 bits per heavy atom. The van der Waals surface area contributed by atoms with Gasteiger partial charge in [0.15, 0.2) is 5.95 Å². The number of hydrogen-bond acceptors (Lipinski definition) is 3. The number of H-pyrrole nitrogens is 1. The van der Waals surface area contributed by atoms with Gasteiger partial charge in [-0.2, -0.15) is 0 Å². The van der Waals surface area contributed by atoms with Crippen LogP contribution in [0.2, 0.25) is 0 Å². The van der Waals surface area contributed by atoms with Crippen LogP contribution in [-0.2, 0) is 0 Å². The highest BCUT2D eigenvalue weighted by Crippen LogP contribution is 2.26. The average molecular weight is 251 g/mol. The highest BCUT2D eigenvalue weighted by Gasteiger charge is 2.03. The number of para-hydroxylation sites is 1. The third kappa shape index (κ3) is 2.57. The van der Waals surface area contributed by atoms with E-state index < -0.39 is 0 Å². The average Bonchev–Trinajstić information content (AvgIpc) is 2.87. The van der Waals surface area contributed by atoms with E-state index in [4.69, 9.17) is 10.5 Å². The van der Waals surface area contributed by atoms with Crippen LogP contribution in [0.4, 0.5) is 5.95 Å². The quantitative estimate of drug-likeness (QED) is 0.749. The van der Waals surface area contributed by atoms with Gasteiger partial charge in [-0.3, -0.25) is 0 Å². The van der Waals surface area contributed by atoms with Crippen LogP contribution < -0.4 is 10.5 Å². The second-order valence-corrected chi connectivity index (χ2v) is 4.13. The van der Waals surface area contributed by atoms with Crippen LogP contribution in [0.25, 0.3) is 11.3 Å². The third-order valence-electron chi connectivity index (χ3n) is 2.72. The Kier molecular flexibility index (Phi) is 2.90. The van der Waals surface area contributed by atoms with E-state index in [-0.39, 0.29) is 0 Å². The van der Waals surface area contributed by atoms with E-state index in [0.717, 1.165) is 22.8 Å². The molecule has 19 heavy (non-hydrogen) atoms. The van der Waals surface area contributed by atoms with Crippen molar-refractivity contribution in [2.75, 3.05) is 5.73 Å². The monoisotopic (exact) mass is 251 g/mol. The zero-order valence-electron chi connectivity index (χ0n) is 10.2. The Morgan fingerprint density at radius 3 is 2.47 bits per heavy atom. The largest absolute Gasteiger partial charge is 0.457 e. The smallest absolute Gasteiger partial charge is 0.197 e. The molecule has 4 heteroatoms. The molecule has 3 N–H and O–H groups in total. The van der Waals surface area contributed by atoms with Gasteiger partial charge in [0.25, 0.3) is 0 Å². The lowest BCUT2D eigenvalue weighted by molar-refractivity contribution is 0.483. The van der Waals surface area contributed by atoms with E-state index >= 15 is 0 Å². The maximum atomic E-state index is 5.78. The predicted molar refractivity (Wildman–Crippen MR) is 75.0 cm³/mol. The van der Waals surface area contributed by atoms with Crippen LogP contribution in [0.1, 0.15) is 0 Å². The second-order valence-electron chi connectivity index (χ2n) is 4.13. The number of rotatable bonds is 3. The molecule has 0 saturated heterocycles. The van der Waals surface area contributed by atoms with E-state index in [2.05, 4.69) is 9.97 Å². The minimum absolute atomic E-state index is 0.407. The first kappa shape index (κ1) is 11.3. The Labute approximate surface area is 110 Å². The van der Waals surface area contributed by atoms with Crippen LogP contribution in [0.3, 0.4) is 0 Å². The lowest BCUT2D eigenvalue weighted by atomic mass is 10.1.